The zero-order valence-electron chi connectivity index (χ0n) is 11.6. The summed E-state index contributed by atoms with van der Waals surface area (Å²) in [6.45, 7) is 3.49. The Hall–Kier alpha value is -1.81. The van der Waals surface area contributed by atoms with E-state index in [9.17, 15) is 4.79 Å². The molecule has 2 aromatic rings. The Kier molecular flexibility index (Phi) is 3.49. The van der Waals surface area contributed by atoms with Crippen molar-refractivity contribution in [3.8, 4) is 0 Å². The Balaban J connectivity index is 1.87. The highest BCUT2D eigenvalue weighted by Crippen LogP contribution is 2.27. The molecule has 1 aromatic carbocycles. The van der Waals surface area contributed by atoms with Crippen LogP contribution in [0.15, 0.2) is 29.6 Å². The highest BCUT2D eigenvalue weighted by atomic mass is 32.1. The van der Waals surface area contributed by atoms with E-state index in [4.69, 9.17) is 5.73 Å². The van der Waals surface area contributed by atoms with E-state index in [-0.39, 0.29) is 5.91 Å². The van der Waals surface area contributed by atoms with Crippen LogP contribution in [-0.2, 0) is 19.4 Å². The van der Waals surface area contributed by atoms with E-state index >= 15 is 0 Å². The summed E-state index contributed by atoms with van der Waals surface area (Å²) in [5.74, 6) is 0.144. The molecule has 4 heteroatoms. The number of nitrogen functional groups attached to an aromatic ring is 1. The molecule has 0 unspecified atom stereocenters. The lowest BCUT2D eigenvalue weighted by molar-refractivity contribution is 0.0739. The molecular weight excluding hydrogens is 268 g/mol. The van der Waals surface area contributed by atoms with Crippen molar-refractivity contribution in [2.24, 2.45) is 0 Å². The van der Waals surface area contributed by atoms with Gasteiger partial charge in [-0.15, -0.1) is 11.3 Å². The molecule has 0 atom stereocenters. The second-order valence-corrected chi connectivity index (χ2v) is 6.01. The monoisotopic (exact) mass is 286 g/mol. The maximum Gasteiger partial charge on any atom is 0.264 e. The Morgan fingerprint density at radius 3 is 3.05 bits per heavy atom. The summed E-state index contributed by atoms with van der Waals surface area (Å²) in [7, 11) is 0. The fourth-order valence-corrected chi connectivity index (χ4v) is 3.69. The highest BCUT2D eigenvalue weighted by Gasteiger charge is 2.24. The Morgan fingerprint density at radius 1 is 1.40 bits per heavy atom. The first kappa shape index (κ1) is 13.2. The van der Waals surface area contributed by atoms with E-state index < -0.39 is 0 Å². The third-order valence-electron chi connectivity index (χ3n) is 3.92. The van der Waals surface area contributed by atoms with E-state index in [1.54, 1.807) is 0 Å². The summed E-state index contributed by atoms with van der Waals surface area (Å²) in [5, 5.41) is 2.00. The van der Waals surface area contributed by atoms with E-state index in [2.05, 4.69) is 13.0 Å². The summed E-state index contributed by atoms with van der Waals surface area (Å²) >= 11 is 1.54. The number of nitrogens with zero attached hydrogens (tertiary/aromatic N) is 1. The molecule has 0 saturated heterocycles. The van der Waals surface area contributed by atoms with E-state index in [1.165, 1.54) is 16.9 Å². The van der Waals surface area contributed by atoms with Gasteiger partial charge in [-0.3, -0.25) is 4.79 Å². The molecule has 2 N–H and O–H groups in total. The van der Waals surface area contributed by atoms with Crippen molar-refractivity contribution in [1.29, 1.82) is 0 Å². The summed E-state index contributed by atoms with van der Waals surface area (Å²) < 4.78 is 0. The molecule has 1 aliphatic heterocycles. The Morgan fingerprint density at radius 2 is 2.25 bits per heavy atom. The highest BCUT2D eigenvalue weighted by molar-refractivity contribution is 7.12. The molecule has 3 nitrogen and oxygen atoms in total. The van der Waals surface area contributed by atoms with Crippen LogP contribution in [0.5, 0.6) is 0 Å². The number of amides is 1. The van der Waals surface area contributed by atoms with Gasteiger partial charge in [0.2, 0.25) is 0 Å². The van der Waals surface area contributed by atoms with Gasteiger partial charge in [-0.1, -0.05) is 19.1 Å². The number of rotatable bonds is 2. The minimum atomic E-state index is 0.144. The smallest absolute Gasteiger partial charge is 0.264 e. The second-order valence-electron chi connectivity index (χ2n) is 5.09. The number of hydrogen-bond acceptors (Lipinski definition) is 3. The first-order chi connectivity index (χ1) is 9.70. The zero-order chi connectivity index (χ0) is 14.1. The van der Waals surface area contributed by atoms with Crippen LogP contribution in [-0.4, -0.2) is 17.4 Å². The van der Waals surface area contributed by atoms with Gasteiger partial charge in [-0.25, -0.2) is 0 Å². The second kappa shape index (κ2) is 5.29. The molecule has 0 radical (unpaired) electrons. The van der Waals surface area contributed by atoms with Gasteiger partial charge >= 0.3 is 0 Å². The van der Waals surface area contributed by atoms with E-state index in [1.807, 2.05) is 28.5 Å². The van der Waals surface area contributed by atoms with Crippen molar-refractivity contribution >= 4 is 22.9 Å². The largest absolute Gasteiger partial charge is 0.398 e. The van der Waals surface area contributed by atoms with Crippen LogP contribution in [0.3, 0.4) is 0 Å². The van der Waals surface area contributed by atoms with E-state index in [0.717, 1.165) is 41.1 Å². The average molecular weight is 286 g/mol. The fraction of sp³-hybridized carbons (Fsp3) is 0.312. The maximum atomic E-state index is 12.7. The topological polar surface area (TPSA) is 46.3 Å². The van der Waals surface area contributed by atoms with Crippen LogP contribution in [0, 0.1) is 0 Å². The minimum Gasteiger partial charge on any atom is -0.398 e. The van der Waals surface area contributed by atoms with Gasteiger partial charge in [-0.05, 0) is 47.0 Å². The predicted octanol–water partition coefficient (Wildman–Crippen LogP) is 3.09. The summed E-state index contributed by atoms with van der Waals surface area (Å²) in [5.41, 5.74) is 10.4. The normalized spacial score (nSPS) is 14.2. The number of carbonyl (C=O) groups is 1. The van der Waals surface area contributed by atoms with Crippen molar-refractivity contribution in [1.82, 2.24) is 4.90 Å². The fourth-order valence-electron chi connectivity index (χ4n) is 2.73. The molecule has 1 aromatic heterocycles. The standard InChI is InChI=1S/C16H18N2OS/c1-2-11-7-9-20-15(11)16(19)18-8-6-12-4-3-5-14(17)13(12)10-18/h3-5,7,9H,2,6,8,10,17H2,1H3. The molecular formula is C16H18N2OS. The summed E-state index contributed by atoms with van der Waals surface area (Å²) in [6.07, 6.45) is 1.79. The lowest BCUT2D eigenvalue weighted by Gasteiger charge is -2.29. The third kappa shape index (κ3) is 2.20. The van der Waals surface area contributed by atoms with Crippen molar-refractivity contribution in [2.45, 2.75) is 26.3 Å². The molecule has 0 bridgehead atoms. The number of anilines is 1. The van der Waals surface area contributed by atoms with E-state index in [0.29, 0.717) is 6.54 Å². The van der Waals surface area contributed by atoms with Gasteiger partial charge in [0, 0.05) is 18.8 Å². The summed E-state index contributed by atoms with van der Waals surface area (Å²) in [6, 6.07) is 8.05. The first-order valence-electron chi connectivity index (χ1n) is 6.92. The van der Waals surface area contributed by atoms with Crippen molar-refractivity contribution in [3.05, 3.63) is 51.2 Å². The Labute approximate surface area is 123 Å². The molecule has 1 aliphatic rings. The molecule has 0 spiro atoms. The number of aryl methyl sites for hydroxylation is 1. The SMILES string of the molecule is CCc1ccsc1C(=O)N1CCc2cccc(N)c2C1. The quantitative estimate of drug-likeness (QED) is 0.862. The van der Waals surface area contributed by atoms with Gasteiger partial charge in [0.05, 0.1) is 4.88 Å². The van der Waals surface area contributed by atoms with Gasteiger partial charge < -0.3 is 10.6 Å². The number of carbonyl (C=O) groups excluding carboxylic acids is 1. The van der Waals surface area contributed by atoms with Crippen LogP contribution in [0.2, 0.25) is 0 Å². The number of thiophene rings is 1. The summed E-state index contributed by atoms with van der Waals surface area (Å²) in [4.78, 5) is 15.5. The number of hydrogen-bond donors (Lipinski definition) is 1. The van der Waals surface area contributed by atoms with Crippen molar-refractivity contribution in [3.63, 3.8) is 0 Å². The number of fused-ring (bicyclic) bond motifs is 1. The van der Waals surface area contributed by atoms with Crippen LogP contribution < -0.4 is 5.73 Å². The first-order valence-corrected chi connectivity index (χ1v) is 7.80. The molecule has 0 aliphatic carbocycles. The molecule has 104 valence electrons. The van der Waals surface area contributed by atoms with Crippen LogP contribution in [0.1, 0.15) is 33.3 Å². The van der Waals surface area contributed by atoms with Gasteiger partial charge in [0.15, 0.2) is 0 Å². The van der Waals surface area contributed by atoms with Crippen LogP contribution >= 0.6 is 11.3 Å². The molecule has 1 amide bonds. The van der Waals surface area contributed by atoms with Gasteiger partial charge in [0.1, 0.15) is 0 Å². The maximum absolute atomic E-state index is 12.7. The van der Waals surface area contributed by atoms with Gasteiger partial charge in [0.25, 0.3) is 5.91 Å². The van der Waals surface area contributed by atoms with Crippen LogP contribution in [0.4, 0.5) is 5.69 Å². The van der Waals surface area contributed by atoms with Gasteiger partial charge in [-0.2, -0.15) is 0 Å². The van der Waals surface area contributed by atoms with Crippen molar-refractivity contribution < 1.29 is 4.79 Å². The Bertz CT molecular complexity index is 648. The number of benzene rings is 1. The average Bonchev–Trinajstić information content (AvgIpc) is 2.95. The molecule has 0 saturated carbocycles. The predicted molar refractivity (Wildman–Crippen MR) is 83.0 cm³/mol. The molecule has 0 fully saturated rings. The lowest BCUT2D eigenvalue weighted by atomic mass is 9.98. The third-order valence-corrected chi connectivity index (χ3v) is 4.86. The lowest BCUT2D eigenvalue weighted by Crippen LogP contribution is -2.36. The molecule has 3 rings (SSSR count). The van der Waals surface area contributed by atoms with Crippen LogP contribution in [0.25, 0.3) is 0 Å². The zero-order valence-corrected chi connectivity index (χ0v) is 12.4. The molecule has 2 heterocycles. The number of nitrogens with two attached hydrogens (primary N) is 1. The molecule has 20 heavy (non-hydrogen) atoms. The minimum absolute atomic E-state index is 0.144. The van der Waals surface area contributed by atoms with Crippen molar-refractivity contribution in [2.75, 3.05) is 12.3 Å².